The molecule has 0 radical (unpaired) electrons. The third-order valence-electron chi connectivity index (χ3n) is 2.17. The van der Waals surface area contributed by atoms with Crippen LogP contribution in [-0.2, 0) is 4.74 Å². The van der Waals surface area contributed by atoms with Gasteiger partial charge < -0.3 is 15.2 Å². The molecular weight excluding hydrogens is 260 g/mol. The van der Waals surface area contributed by atoms with Crippen LogP contribution >= 0.6 is 0 Å². The Morgan fingerprint density at radius 2 is 2.00 bits per heavy atom. The van der Waals surface area contributed by atoms with E-state index in [1.165, 1.54) is 6.07 Å². The van der Waals surface area contributed by atoms with Gasteiger partial charge in [0, 0.05) is 17.8 Å². The summed E-state index contributed by atoms with van der Waals surface area (Å²) in [4.78, 5) is 23.3. The van der Waals surface area contributed by atoms with Gasteiger partial charge in [-0.05, 0) is 39.0 Å². The number of ether oxygens (including phenoxy) is 1. The highest BCUT2D eigenvalue weighted by Crippen LogP contribution is 2.13. The number of rotatable bonds is 4. The molecule has 1 aromatic rings. The van der Waals surface area contributed by atoms with Gasteiger partial charge in [-0.3, -0.25) is 10.1 Å². The molecular formula is C14H20N2O4. The van der Waals surface area contributed by atoms with Crippen molar-refractivity contribution >= 4 is 17.7 Å². The van der Waals surface area contributed by atoms with Crippen molar-refractivity contribution in [2.24, 2.45) is 0 Å². The maximum Gasteiger partial charge on any atom is 0.412 e. The lowest BCUT2D eigenvalue weighted by atomic mass is 10.2. The van der Waals surface area contributed by atoms with Crippen LogP contribution in [0.15, 0.2) is 24.3 Å². The number of hydrogen-bond acceptors (Lipinski definition) is 4. The van der Waals surface area contributed by atoms with Gasteiger partial charge in [-0.1, -0.05) is 6.07 Å². The molecule has 0 spiro atoms. The summed E-state index contributed by atoms with van der Waals surface area (Å²) in [5, 5.41) is 13.7. The van der Waals surface area contributed by atoms with Crippen molar-refractivity contribution in [2.45, 2.75) is 26.4 Å². The van der Waals surface area contributed by atoms with Crippen LogP contribution < -0.4 is 10.6 Å². The van der Waals surface area contributed by atoms with Crippen LogP contribution in [-0.4, -0.2) is 35.9 Å². The monoisotopic (exact) mass is 280 g/mol. The van der Waals surface area contributed by atoms with E-state index in [0.717, 1.165) is 0 Å². The molecule has 6 heteroatoms. The van der Waals surface area contributed by atoms with E-state index in [0.29, 0.717) is 11.3 Å². The summed E-state index contributed by atoms with van der Waals surface area (Å²) in [5.74, 6) is -0.313. The van der Waals surface area contributed by atoms with E-state index in [9.17, 15) is 9.59 Å². The second-order valence-electron chi connectivity index (χ2n) is 5.19. The van der Waals surface area contributed by atoms with Gasteiger partial charge in [0.15, 0.2) is 0 Å². The van der Waals surface area contributed by atoms with Crippen LogP contribution in [0, 0.1) is 0 Å². The number of carbonyl (C=O) groups excluding carboxylic acids is 2. The van der Waals surface area contributed by atoms with Crippen molar-refractivity contribution in [1.29, 1.82) is 0 Å². The molecule has 0 aromatic heterocycles. The predicted molar refractivity (Wildman–Crippen MR) is 75.7 cm³/mol. The zero-order valence-corrected chi connectivity index (χ0v) is 11.9. The van der Waals surface area contributed by atoms with Crippen LogP contribution in [0.3, 0.4) is 0 Å². The molecule has 1 rings (SSSR count). The standard InChI is InChI=1S/C14H20N2O4/c1-14(2,3)20-13(19)16-11-6-4-5-10(9-11)12(18)15-7-8-17/h4-6,9,17H,7-8H2,1-3H3,(H,15,18)(H,16,19). The Kier molecular flexibility index (Phi) is 5.52. The van der Waals surface area contributed by atoms with Crippen LogP contribution in [0.25, 0.3) is 0 Å². The molecule has 110 valence electrons. The molecule has 0 aliphatic heterocycles. The van der Waals surface area contributed by atoms with Crippen LogP contribution in [0.4, 0.5) is 10.5 Å². The Morgan fingerprint density at radius 1 is 1.30 bits per heavy atom. The van der Waals surface area contributed by atoms with Gasteiger partial charge in [-0.25, -0.2) is 4.79 Å². The maximum atomic E-state index is 11.7. The summed E-state index contributed by atoms with van der Waals surface area (Å²) in [7, 11) is 0. The molecule has 1 aromatic carbocycles. The number of aliphatic hydroxyl groups excluding tert-OH is 1. The lowest BCUT2D eigenvalue weighted by Crippen LogP contribution is -2.28. The lowest BCUT2D eigenvalue weighted by Gasteiger charge is -2.19. The second-order valence-corrected chi connectivity index (χ2v) is 5.19. The fourth-order valence-corrected chi connectivity index (χ4v) is 1.43. The molecule has 2 amide bonds. The maximum absolute atomic E-state index is 11.7. The average Bonchev–Trinajstić information content (AvgIpc) is 2.33. The number of benzene rings is 1. The van der Waals surface area contributed by atoms with Crippen molar-refractivity contribution in [3.05, 3.63) is 29.8 Å². The van der Waals surface area contributed by atoms with Crippen molar-refractivity contribution in [2.75, 3.05) is 18.5 Å². The topological polar surface area (TPSA) is 87.7 Å². The van der Waals surface area contributed by atoms with Crippen molar-refractivity contribution < 1.29 is 19.4 Å². The molecule has 0 saturated carbocycles. The summed E-state index contributed by atoms with van der Waals surface area (Å²) < 4.78 is 5.12. The lowest BCUT2D eigenvalue weighted by molar-refractivity contribution is 0.0635. The van der Waals surface area contributed by atoms with Gasteiger partial charge in [-0.2, -0.15) is 0 Å². The van der Waals surface area contributed by atoms with E-state index in [2.05, 4.69) is 10.6 Å². The molecule has 6 nitrogen and oxygen atoms in total. The molecule has 20 heavy (non-hydrogen) atoms. The van der Waals surface area contributed by atoms with Gasteiger partial charge in [-0.15, -0.1) is 0 Å². The minimum absolute atomic E-state index is 0.123. The van der Waals surface area contributed by atoms with Crippen LogP contribution in [0.1, 0.15) is 31.1 Å². The van der Waals surface area contributed by atoms with Crippen molar-refractivity contribution in [1.82, 2.24) is 5.32 Å². The smallest absolute Gasteiger partial charge is 0.412 e. The quantitative estimate of drug-likeness (QED) is 0.784. The van der Waals surface area contributed by atoms with Crippen LogP contribution in [0.2, 0.25) is 0 Å². The first-order valence-corrected chi connectivity index (χ1v) is 6.31. The van der Waals surface area contributed by atoms with E-state index in [1.807, 2.05) is 0 Å². The Morgan fingerprint density at radius 3 is 2.60 bits per heavy atom. The van der Waals surface area contributed by atoms with Gasteiger partial charge in [0.2, 0.25) is 0 Å². The second kappa shape index (κ2) is 6.91. The SMILES string of the molecule is CC(C)(C)OC(=O)Nc1cccc(C(=O)NCCO)c1. The number of aliphatic hydroxyl groups is 1. The van der Waals surface area contributed by atoms with E-state index in [4.69, 9.17) is 9.84 Å². The summed E-state index contributed by atoms with van der Waals surface area (Å²) in [6.07, 6.45) is -0.578. The number of amides is 2. The summed E-state index contributed by atoms with van der Waals surface area (Å²) in [6, 6.07) is 6.47. The first-order valence-electron chi connectivity index (χ1n) is 6.31. The molecule has 0 bridgehead atoms. The molecule has 0 unspecified atom stereocenters. The molecule has 0 saturated heterocycles. The predicted octanol–water partition coefficient (Wildman–Crippen LogP) is 1.76. The highest BCUT2D eigenvalue weighted by atomic mass is 16.6. The first kappa shape index (κ1) is 16.0. The summed E-state index contributed by atoms with van der Waals surface area (Å²) >= 11 is 0. The number of carbonyl (C=O) groups is 2. The highest BCUT2D eigenvalue weighted by Gasteiger charge is 2.16. The largest absolute Gasteiger partial charge is 0.444 e. The number of hydrogen-bond donors (Lipinski definition) is 3. The first-order chi connectivity index (χ1) is 9.31. The van der Waals surface area contributed by atoms with Gasteiger partial charge in [0.1, 0.15) is 5.60 Å². The molecule has 0 aliphatic rings. The summed E-state index contributed by atoms with van der Waals surface area (Å²) in [6.45, 7) is 5.37. The summed E-state index contributed by atoms with van der Waals surface area (Å²) in [5.41, 5.74) is 0.281. The van der Waals surface area contributed by atoms with E-state index >= 15 is 0 Å². The highest BCUT2D eigenvalue weighted by molar-refractivity contribution is 5.96. The normalized spacial score (nSPS) is 10.8. The van der Waals surface area contributed by atoms with Gasteiger partial charge >= 0.3 is 6.09 Å². The average molecular weight is 280 g/mol. The Balaban J connectivity index is 2.68. The molecule has 0 fully saturated rings. The van der Waals surface area contributed by atoms with Crippen LogP contribution in [0.5, 0.6) is 0 Å². The fraction of sp³-hybridized carbons (Fsp3) is 0.429. The Labute approximate surface area is 118 Å². The molecule has 0 aliphatic carbocycles. The zero-order valence-electron chi connectivity index (χ0n) is 11.9. The zero-order chi connectivity index (χ0) is 15.2. The Bertz CT molecular complexity index is 480. The van der Waals surface area contributed by atoms with E-state index in [-0.39, 0.29) is 19.1 Å². The van der Waals surface area contributed by atoms with Crippen molar-refractivity contribution in [3.8, 4) is 0 Å². The molecule has 3 N–H and O–H groups in total. The third-order valence-corrected chi connectivity index (χ3v) is 2.17. The van der Waals surface area contributed by atoms with E-state index in [1.54, 1.807) is 39.0 Å². The fourth-order valence-electron chi connectivity index (χ4n) is 1.43. The Hall–Kier alpha value is -2.08. The molecule has 0 heterocycles. The van der Waals surface area contributed by atoms with Gasteiger partial charge in [0.05, 0.1) is 6.61 Å². The number of nitrogens with one attached hydrogen (secondary N) is 2. The third kappa shape index (κ3) is 5.71. The van der Waals surface area contributed by atoms with E-state index < -0.39 is 11.7 Å². The van der Waals surface area contributed by atoms with Crippen molar-refractivity contribution in [3.63, 3.8) is 0 Å². The number of anilines is 1. The van der Waals surface area contributed by atoms with Gasteiger partial charge in [0.25, 0.3) is 5.91 Å². The minimum Gasteiger partial charge on any atom is -0.444 e. The molecule has 0 atom stereocenters. The minimum atomic E-state index is -0.583.